The van der Waals surface area contributed by atoms with Gasteiger partial charge in [0.05, 0.1) is 18.2 Å². The van der Waals surface area contributed by atoms with Crippen molar-refractivity contribution in [2.45, 2.75) is 45.6 Å². The molecule has 23 heavy (non-hydrogen) atoms. The zero-order chi connectivity index (χ0) is 15.4. The van der Waals surface area contributed by atoms with Gasteiger partial charge in [0.1, 0.15) is 0 Å². The first kappa shape index (κ1) is 22.1. The number of hydrogen-bond donors (Lipinski definition) is 2. The van der Waals surface area contributed by atoms with E-state index >= 15 is 0 Å². The Bertz CT molecular complexity index is 490. The first-order valence-electron chi connectivity index (χ1n) is 7.48. The van der Waals surface area contributed by atoms with E-state index in [4.69, 9.17) is 10.5 Å². The van der Waals surface area contributed by atoms with Gasteiger partial charge in [-0.1, -0.05) is 18.2 Å². The van der Waals surface area contributed by atoms with Crippen molar-refractivity contribution in [1.82, 2.24) is 4.90 Å². The molecule has 0 bridgehead atoms. The Balaban J connectivity index is 0.00000242. The van der Waals surface area contributed by atoms with Gasteiger partial charge in [-0.15, -0.1) is 24.8 Å². The first-order chi connectivity index (χ1) is 9.95. The zero-order valence-corrected chi connectivity index (χ0v) is 15.5. The molecule has 0 spiro atoms. The monoisotopic (exact) mass is 363 g/mol. The van der Waals surface area contributed by atoms with Gasteiger partial charge in [-0.05, 0) is 32.4 Å². The van der Waals surface area contributed by atoms with Gasteiger partial charge in [0.25, 0.3) is 0 Å². The maximum Gasteiger partial charge on any atom is 0.241 e. The number of anilines is 1. The topological polar surface area (TPSA) is 67.6 Å². The lowest BCUT2D eigenvalue weighted by molar-refractivity contribution is -0.117. The summed E-state index contributed by atoms with van der Waals surface area (Å²) in [5, 5.41) is 2.90. The molecule has 1 saturated heterocycles. The van der Waals surface area contributed by atoms with Crippen molar-refractivity contribution < 1.29 is 9.53 Å². The minimum atomic E-state index is -0.513. The molecule has 0 saturated carbocycles. The Morgan fingerprint density at radius 2 is 1.87 bits per heavy atom. The fourth-order valence-corrected chi connectivity index (χ4v) is 2.68. The molecule has 1 fully saturated rings. The van der Waals surface area contributed by atoms with Crippen LogP contribution in [-0.4, -0.2) is 42.1 Å². The number of nitrogens with one attached hydrogen (secondary N) is 1. The van der Waals surface area contributed by atoms with Gasteiger partial charge in [0, 0.05) is 25.3 Å². The summed E-state index contributed by atoms with van der Waals surface area (Å²) in [5.74, 6) is -0.161. The predicted octanol–water partition coefficient (Wildman–Crippen LogP) is 2.43. The van der Waals surface area contributed by atoms with Crippen LogP contribution in [0.3, 0.4) is 0 Å². The second kappa shape index (κ2) is 10.1. The molecular weight excluding hydrogens is 337 g/mol. The lowest BCUT2D eigenvalue weighted by Crippen LogP contribution is -2.45. The molecule has 1 heterocycles. The highest BCUT2D eigenvalue weighted by Gasteiger charge is 2.23. The van der Waals surface area contributed by atoms with Crippen LogP contribution in [0.5, 0.6) is 0 Å². The lowest BCUT2D eigenvalue weighted by Gasteiger charge is -2.35. The van der Waals surface area contributed by atoms with E-state index in [1.807, 2.05) is 24.3 Å². The third kappa shape index (κ3) is 6.65. The van der Waals surface area contributed by atoms with Crippen LogP contribution in [-0.2, 0) is 16.1 Å². The van der Waals surface area contributed by atoms with Gasteiger partial charge in [-0.3, -0.25) is 9.69 Å². The average Bonchev–Trinajstić information content (AvgIpc) is 2.39. The molecule has 7 heteroatoms. The van der Waals surface area contributed by atoms with E-state index in [1.54, 1.807) is 6.92 Å². The van der Waals surface area contributed by atoms with Crippen molar-refractivity contribution in [3.63, 3.8) is 0 Å². The van der Waals surface area contributed by atoms with Crippen molar-refractivity contribution >= 4 is 36.4 Å². The third-order valence-corrected chi connectivity index (χ3v) is 3.58. The van der Waals surface area contributed by atoms with E-state index in [-0.39, 0.29) is 42.9 Å². The summed E-state index contributed by atoms with van der Waals surface area (Å²) >= 11 is 0. The van der Waals surface area contributed by atoms with Crippen LogP contribution in [0.2, 0.25) is 0 Å². The van der Waals surface area contributed by atoms with Gasteiger partial charge < -0.3 is 15.8 Å². The van der Waals surface area contributed by atoms with E-state index in [0.29, 0.717) is 0 Å². The van der Waals surface area contributed by atoms with Crippen LogP contribution >= 0.6 is 24.8 Å². The molecule has 1 aromatic carbocycles. The molecule has 0 aromatic heterocycles. The summed E-state index contributed by atoms with van der Waals surface area (Å²) in [6.07, 6.45) is 0.471. The molecule has 1 aliphatic rings. The molecule has 3 unspecified atom stereocenters. The molecule has 1 aliphatic heterocycles. The van der Waals surface area contributed by atoms with E-state index in [2.05, 4.69) is 24.1 Å². The van der Waals surface area contributed by atoms with E-state index in [9.17, 15) is 4.79 Å². The van der Waals surface area contributed by atoms with Gasteiger partial charge in [-0.25, -0.2) is 0 Å². The fraction of sp³-hybridized carbons (Fsp3) is 0.562. The molecule has 3 atom stereocenters. The maximum absolute atomic E-state index is 11.8. The number of nitrogens with two attached hydrogens (primary N) is 1. The van der Waals surface area contributed by atoms with Crippen LogP contribution in [0, 0.1) is 0 Å². The van der Waals surface area contributed by atoms with Gasteiger partial charge in [0.15, 0.2) is 0 Å². The number of morpholine rings is 1. The van der Waals surface area contributed by atoms with E-state index < -0.39 is 6.04 Å². The summed E-state index contributed by atoms with van der Waals surface area (Å²) in [6, 6.07) is 7.36. The van der Waals surface area contributed by atoms with Crippen LogP contribution in [0.25, 0.3) is 0 Å². The standard InChI is InChI=1S/C16H25N3O2.2ClH/c1-11-8-19(9-12(2)21-11)10-14-6-4-5-7-15(14)18-16(20)13(3)17;;/h4-7,11-13H,8-10,17H2,1-3H3,(H,18,20);2*1H. The second-order valence-electron chi connectivity index (χ2n) is 5.89. The first-order valence-corrected chi connectivity index (χ1v) is 7.48. The Hall–Kier alpha value is -0.850. The van der Waals surface area contributed by atoms with Gasteiger partial charge >= 0.3 is 0 Å². The number of para-hydroxylation sites is 1. The number of benzene rings is 1. The number of halogens is 2. The highest BCUT2D eigenvalue weighted by molar-refractivity contribution is 5.95. The molecule has 1 aromatic rings. The van der Waals surface area contributed by atoms with Gasteiger partial charge in [-0.2, -0.15) is 0 Å². The minimum absolute atomic E-state index is 0. The van der Waals surface area contributed by atoms with Crippen LogP contribution < -0.4 is 11.1 Å². The molecule has 1 amide bonds. The van der Waals surface area contributed by atoms with Crippen LogP contribution in [0.1, 0.15) is 26.3 Å². The second-order valence-corrected chi connectivity index (χ2v) is 5.89. The van der Waals surface area contributed by atoms with Crippen molar-refractivity contribution in [1.29, 1.82) is 0 Å². The molecule has 2 rings (SSSR count). The smallest absolute Gasteiger partial charge is 0.241 e. The number of nitrogens with zero attached hydrogens (tertiary/aromatic N) is 1. The normalized spacial score (nSPS) is 22.4. The molecule has 5 nitrogen and oxygen atoms in total. The number of amides is 1. The van der Waals surface area contributed by atoms with E-state index in [0.717, 1.165) is 30.9 Å². The summed E-state index contributed by atoms with van der Waals surface area (Å²) in [5.41, 5.74) is 7.56. The van der Waals surface area contributed by atoms with Crippen molar-refractivity contribution in [2.24, 2.45) is 5.73 Å². The number of carbonyl (C=O) groups excluding carboxylic acids is 1. The highest BCUT2D eigenvalue weighted by Crippen LogP contribution is 2.20. The molecule has 132 valence electrons. The molecular formula is C16H27Cl2N3O2. The summed E-state index contributed by atoms with van der Waals surface area (Å²) < 4.78 is 5.75. The quantitative estimate of drug-likeness (QED) is 0.861. The molecule has 0 radical (unpaired) electrons. The number of rotatable bonds is 4. The number of carbonyl (C=O) groups is 1. The summed E-state index contributed by atoms with van der Waals surface area (Å²) in [4.78, 5) is 14.1. The lowest BCUT2D eigenvalue weighted by atomic mass is 10.1. The SMILES string of the molecule is CC1CN(Cc2ccccc2NC(=O)C(C)N)CC(C)O1.Cl.Cl. The predicted molar refractivity (Wildman–Crippen MR) is 98.5 cm³/mol. The number of ether oxygens (including phenoxy) is 1. The van der Waals surface area contributed by atoms with E-state index in [1.165, 1.54) is 0 Å². The minimum Gasteiger partial charge on any atom is -0.373 e. The van der Waals surface area contributed by atoms with Crippen LogP contribution in [0.4, 0.5) is 5.69 Å². The highest BCUT2D eigenvalue weighted by atomic mass is 35.5. The Kier molecular flexibility index (Phi) is 9.73. The van der Waals surface area contributed by atoms with Crippen molar-refractivity contribution in [2.75, 3.05) is 18.4 Å². The Morgan fingerprint density at radius 1 is 1.30 bits per heavy atom. The van der Waals surface area contributed by atoms with Crippen molar-refractivity contribution in [3.8, 4) is 0 Å². The zero-order valence-electron chi connectivity index (χ0n) is 13.8. The van der Waals surface area contributed by atoms with Gasteiger partial charge in [0.2, 0.25) is 5.91 Å². The third-order valence-electron chi connectivity index (χ3n) is 3.58. The average molecular weight is 364 g/mol. The largest absolute Gasteiger partial charge is 0.373 e. The fourth-order valence-electron chi connectivity index (χ4n) is 2.68. The summed E-state index contributed by atoms with van der Waals surface area (Å²) in [7, 11) is 0. The van der Waals surface area contributed by atoms with Crippen LogP contribution in [0.15, 0.2) is 24.3 Å². The Labute approximate surface area is 150 Å². The Morgan fingerprint density at radius 3 is 2.43 bits per heavy atom. The van der Waals surface area contributed by atoms with Crippen molar-refractivity contribution in [3.05, 3.63) is 29.8 Å². The maximum atomic E-state index is 11.8. The summed E-state index contributed by atoms with van der Waals surface area (Å²) in [6.45, 7) is 8.47. The molecule has 0 aliphatic carbocycles. The molecule has 3 N–H and O–H groups in total. The number of hydrogen-bond acceptors (Lipinski definition) is 4.